The molecule has 1 aromatic carbocycles. The molecule has 0 saturated carbocycles. The third-order valence-corrected chi connectivity index (χ3v) is 3.65. The summed E-state index contributed by atoms with van der Waals surface area (Å²) in [7, 11) is 0. The monoisotopic (exact) mass is 312 g/mol. The summed E-state index contributed by atoms with van der Waals surface area (Å²) in [5, 5.41) is 3.73. The summed E-state index contributed by atoms with van der Waals surface area (Å²) < 4.78 is 5.59. The lowest BCUT2D eigenvalue weighted by Crippen LogP contribution is -2.44. The number of hydrogen-bond acceptors (Lipinski definition) is 4. The molecule has 1 heterocycles. The van der Waals surface area contributed by atoms with Crippen LogP contribution in [0.3, 0.4) is 0 Å². The van der Waals surface area contributed by atoms with Crippen LogP contribution in [0.15, 0.2) is 27.8 Å². The first-order valence-corrected chi connectivity index (χ1v) is 7.55. The Morgan fingerprint density at radius 2 is 2.15 bits per heavy atom. The highest BCUT2D eigenvalue weighted by Crippen LogP contribution is 2.28. The molecule has 1 atom stereocenters. The Labute approximate surface area is 127 Å². The molecule has 0 aliphatic rings. The standard InChI is InChI=1S/C14H17ClN2O2S/c1-8(12(18)17-14(2,3)4)20-13-16-10-7-9(15)5-6-11(10)19-13/h5-8H,1-4H3,(H,17,18). The average molecular weight is 313 g/mol. The molecule has 6 heteroatoms. The van der Waals surface area contributed by atoms with Gasteiger partial charge in [0.2, 0.25) is 5.91 Å². The number of carbonyl (C=O) groups excluding carboxylic acids is 1. The Bertz CT molecular complexity index is 634. The third-order valence-electron chi connectivity index (χ3n) is 2.48. The van der Waals surface area contributed by atoms with Gasteiger partial charge in [-0.05, 0) is 45.9 Å². The number of oxazole rings is 1. The molecular formula is C14H17ClN2O2S. The highest BCUT2D eigenvalue weighted by atomic mass is 35.5. The molecule has 0 saturated heterocycles. The number of benzene rings is 1. The van der Waals surface area contributed by atoms with Gasteiger partial charge >= 0.3 is 0 Å². The van der Waals surface area contributed by atoms with E-state index in [9.17, 15) is 4.79 Å². The smallest absolute Gasteiger partial charge is 0.257 e. The summed E-state index contributed by atoms with van der Waals surface area (Å²) >= 11 is 7.20. The van der Waals surface area contributed by atoms with Gasteiger partial charge in [-0.1, -0.05) is 23.4 Å². The van der Waals surface area contributed by atoms with E-state index in [1.807, 2.05) is 27.7 Å². The van der Waals surface area contributed by atoms with Crippen LogP contribution in [0.25, 0.3) is 11.1 Å². The first-order valence-electron chi connectivity index (χ1n) is 6.29. The molecule has 2 aromatic rings. The van der Waals surface area contributed by atoms with Gasteiger partial charge in [-0.15, -0.1) is 0 Å². The molecule has 1 N–H and O–H groups in total. The van der Waals surface area contributed by atoms with Crippen LogP contribution in [-0.4, -0.2) is 21.7 Å². The Kier molecular flexibility index (Phi) is 4.30. The molecule has 1 aromatic heterocycles. The molecule has 0 fully saturated rings. The van der Waals surface area contributed by atoms with E-state index in [1.54, 1.807) is 18.2 Å². The normalized spacial score (nSPS) is 13.4. The second kappa shape index (κ2) is 5.66. The maximum absolute atomic E-state index is 12.0. The Morgan fingerprint density at radius 3 is 2.80 bits per heavy atom. The van der Waals surface area contributed by atoms with E-state index in [4.69, 9.17) is 16.0 Å². The van der Waals surface area contributed by atoms with E-state index in [0.29, 0.717) is 21.3 Å². The number of thioether (sulfide) groups is 1. The van der Waals surface area contributed by atoms with Crippen LogP contribution in [0.5, 0.6) is 0 Å². The van der Waals surface area contributed by atoms with E-state index in [1.165, 1.54) is 11.8 Å². The minimum atomic E-state index is -0.280. The zero-order valence-electron chi connectivity index (χ0n) is 11.9. The molecule has 2 rings (SSSR count). The lowest BCUT2D eigenvalue weighted by atomic mass is 10.1. The number of halogens is 1. The molecule has 0 spiro atoms. The van der Waals surface area contributed by atoms with Gasteiger partial charge in [-0.2, -0.15) is 0 Å². The Balaban J connectivity index is 2.09. The minimum Gasteiger partial charge on any atom is -0.431 e. The van der Waals surface area contributed by atoms with Crippen LogP contribution < -0.4 is 5.32 Å². The van der Waals surface area contributed by atoms with E-state index in [-0.39, 0.29) is 16.7 Å². The summed E-state index contributed by atoms with van der Waals surface area (Å²) in [6.07, 6.45) is 0. The number of rotatable bonds is 3. The average Bonchev–Trinajstić information content (AvgIpc) is 2.67. The third kappa shape index (κ3) is 3.90. The lowest BCUT2D eigenvalue weighted by Gasteiger charge is -2.22. The van der Waals surface area contributed by atoms with Crippen LogP contribution in [0.4, 0.5) is 0 Å². The number of nitrogens with one attached hydrogen (secondary N) is 1. The van der Waals surface area contributed by atoms with Gasteiger partial charge in [-0.25, -0.2) is 4.98 Å². The quantitative estimate of drug-likeness (QED) is 0.874. The topological polar surface area (TPSA) is 55.1 Å². The van der Waals surface area contributed by atoms with Crippen LogP contribution in [0, 0.1) is 0 Å². The molecule has 1 unspecified atom stereocenters. The fraction of sp³-hybridized carbons (Fsp3) is 0.429. The second-order valence-corrected chi connectivity index (χ2v) is 7.32. The molecule has 108 valence electrons. The molecule has 0 radical (unpaired) electrons. The molecule has 0 aliphatic carbocycles. The summed E-state index contributed by atoms with van der Waals surface area (Å²) in [6, 6.07) is 5.26. The maximum Gasteiger partial charge on any atom is 0.257 e. The van der Waals surface area contributed by atoms with Crippen molar-refractivity contribution in [3.8, 4) is 0 Å². The fourth-order valence-corrected chi connectivity index (χ4v) is 2.53. The van der Waals surface area contributed by atoms with Crippen molar-refractivity contribution >= 4 is 40.4 Å². The summed E-state index contributed by atoms with van der Waals surface area (Å²) in [5.74, 6) is -0.0391. The largest absolute Gasteiger partial charge is 0.431 e. The van der Waals surface area contributed by atoms with Crippen molar-refractivity contribution in [2.45, 2.75) is 43.7 Å². The van der Waals surface area contributed by atoms with E-state index < -0.39 is 0 Å². The lowest BCUT2D eigenvalue weighted by molar-refractivity contribution is -0.121. The highest BCUT2D eigenvalue weighted by Gasteiger charge is 2.22. The van der Waals surface area contributed by atoms with E-state index in [2.05, 4.69) is 10.3 Å². The van der Waals surface area contributed by atoms with Crippen molar-refractivity contribution in [3.63, 3.8) is 0 Å². The van der Waals surface area contributed by atoms with Crippen molar-refractivity contribution in [1.82, 2.24) is 10.3 Å². The van der Waals surface area contributed by atoms with Gasteiger partial charge in [-0.3, -0.25) is 4.79 Å². The van der Waals surface area contributed by atoms with Gasteiger partial charge in [0.1, 0.15) is 5.52 Å². The molecular weight excluding hydrogens is 296 g/mol. The van der Waals surface area contributed by atoms with Gasteiger partial charge in [0.25, 0.3) is 5.22 Å². The summed E-state index contributed by atoms with van der Waals surface area (Å²) in [6.45, 7) is 7.67. The molecule has 4 nitrogen and oxygen atoms in total. The molecule has 1 amide bonds. The van der Waals surface area contributed by atoms with Gasteiger partial charge in [0, 0.05) is 10.6 Å². The SMILES string of the molecule is CC(Sc1nc2cc(Cl)ccc2o1)C(=O)NC(C)(C)C. The van der Waals surface area contributed by atoms with Gasteiger partial charge in [0.15, 0.2) is 5.58 Å². The van der Waals surface area contributed by atoms with Gasteiger partial charge < -0.3 is 9.73 Å². The van der Waals surface area contributed by atoms with E-state index in [0.717, 1.165) is 0 Å². The predicted molar refractivity (Wildman–Crippen MR) is 82.2 cm³/mol. The zero-order chi connectivity index (χ0) is 14.9. The minimum absolute atomic E-state index is 0.0391. The zero-order valence-corrected chi connectivity index (χ0v) is 13.4. The van der Waals surface area contributed by atoms with Gasteiger partial charge in [0.05, 0.1) is 5.25 Å². The van der Waals surface area contributed by atoms with Crippen LogP contribution in [-0.2, 0) is 4.79 Å². The number of amides is 1. The molecule has 20 heavy (non-hydrogen) atoms. The Morgan fingerprint density at radius 1 is 1.45 bits per heavy atom. The van der Waals surface area contributed by atoms with Crippen LogP contribution in [0.1, 0.15) is 27.7 Å². The molecule has 0 aliphatic heterocycles. The predicted octanol–water partition coefficient (Wildman–Crippen LogP) is 3.88. The summed E-state index contributed by atoms with van der Waals surface area (Å²) in [4.78, 5) is 16.3. The number of fused-ring (bicyclic) bond motifs is 1. The van der Waals surface area contributed by atoms with Crippen LogP contribution in [0.2, 0.25) is 5.02 Å². The first-order chi connectivity index (χ1) is 9.24. The highest BCUT2D eigenvalue weighted by molar-refractivity contribution is 8.00. The summed E-state index contributed by atoms with van der Waals surface area (Å²) in [5.41, 5.74) is 1.12. The number of hydrogen-bond donors (Lipinski definition) is 1. The van der Waals surface area contributed by atoms with Crippen molar-refractivity contribution < 1.29 is 9.21 Å². The Hall–Kier alpha value is -1.20. The number of carbonyl (C=O) groups is 1. The fourth-order valence-electron chi connectivity index (χ4n) is 1.61. The van der Waals surface area contributed by atoms with E-state index >= 15 is 0 Å². The van der Waals surface area contributed by atoms with Crippen molar-refractivity contribution in [3.05, 3.63) is 23.2 Å². The molecule has 0 bridgehead atoms. The van der Waals surface area contributed by atoms with Crippen molar-refractivity contribution in [1.29, 1.82) is 0 Å². The van der Waals surface area contributed by atoms with Crippen molar-refractivity contribution in [2.75, 3.05) is 0 Å². The second-order valence-electron chi connectivity index (χ2n) is 5.59. The van der Waals surface area contributed by atoms with Crippen molar-refractivity contribution in [2.24, 2.45) is 0 Å². The maximum atomic E-state index is 12.0. The number of nitrogens with zero attached hydrogens (tertiary/aromatic N) is 1. The first kappa shape index (κ1) is 15.2. The number of aromatic nitrogens is 1. The van der Waals surface area contributed by atoms with Crippen LogP contribution >= 0.6 is 23.4 Å².